The number of hydrogen-bond acceptors (Lipinski definition) is 3. The Balaban J connectivity index is 1.97. The highest BCUT2D eigenvalue weighted by molar-refractivity contribution is 6.32. The van der Waals surface area contributed by atoms with Gasteiger partial charge in [-0.05, 0) is 30.3 Å². The summed E-state index contributed by atoms with van der Waals surface area (Å²) >= 11 is 5.66. The standard InChI is InChI=1S/C15H10ClF3N2O3/c16-8-5-7(1-4-11(8)22)15(24)20-6-12(23)21-10-3-2-9(17)13(18)14(10)19/h1-5,22H,6H2,(H,20,24)(H,21,23). The first-order valence-electron chi connectivity index (χ1n) is 6.49. The van der Waals surface area contributed by atoms with Gasteiger partial charge in [0.15, 0.2) is 17.5 Å². The van der Waals surface area contributed by atoms with Crippen molar-refractivity contribution in [1.82, 2.24) is 5.32 Å². The first-order chi connectivity index (χ1) is 11.3. The fourth-order valence-corrected chi connectivity index (χ4v) is 1.91. The summed E-state index contributed by atoms with van der Waals surface area (Å²) in [5.41, 5.74) is -0.467. The van der Waals surface area contributed by atoms with Gasteiger partial charge in [-0.15, -0.1) is 0 Å². The van der Waals surface area contributed by atoms with Gasteiger partial charge in [0.25, 0.3) is 5.91 Å². The molecular weight excluding hydrogens is 349 g/mol. The quantitative estimate of drug-likeness (QED) is 0.735. The average molecular weight is 359 g/mol. The lowest BCUT2D eigenvalue weighted by atomic mass is 10.2. The minimum Gasteiger partial charge on any atom is -0.506 e. The summed E-state index contributed by atoms with van der Waals surface area (Å²) in [6.07, 6.45) is 0. The van der Waals surface area contributed by atoms with E-state index in [1.54, 1.807) is 0 Å². The molecule has 5 nitrogen and oxygen atoms in total. The van der Waals surface area contributed by atoms with Crippen LogP contribution >= 0.6 is 11.6 Å². The Hall–Kier alpha value is -2.74. The number of halogens is 4. The zero-order valence-corrected chi connectivity index (χ0v) is 12.6. The molecule has 2 aromatic rings. The fourth-order valence-electron chi connectivity index (χ4n) is 1.73. The van der Waals surface area contributed by atoms with Gasteiger partial charge in [-0.25, -0.2) is 13.2 Å². The summed E-state index contributed by atoms with van der Waals surface area (Å²) < 4.78 is 39.2. The summed E-state index contributed by atoms with van der Waals surface area (Å²) in [4.78, 5) is 23.5. The largest absolute Gasteiger partial charge is 0.506 e. The predicted octanol–water partition coefficient (Wildman–Crippen LogP) is 2.83. The maximum atomic E-state index is 13.4. The number of phenols is 1. The number of phenolic OH excluding ortho intramolecular Hbond substituents is 1. The van der Waals surface area contributed by atoms with Gasteiger partial charge in [-0.2, -0.15) is 0 Å². The number of amides is 2. The maximum absolute atomic E-state index is 13.4. The van der Waals surface area contributed by atoms with Crippen LogP contribution in [0.4, 0.5) is 18.9 Å². The van der Waals surface area contributed by atoms with Crippen LogP contribution in [0.25, 0.3) is 0 Å². The fraction of sp³-hybridized carbons (Fsp3) is 0.0667. The molecule has 0 spiro atoms. The molecule has 3 N–H and O–H groups in total. The van der Waals surface area contributed by atoms with Gasteiger partial charge in [0.1, 0.15) is 5.75 Å². The number of carbonyl (C=O) groups is 2. The zero-order valence-electron chi connectivity index (χ0n) is 11.9. The van der Waals surface area contributed by atoms with Gasteiger partial charge >= 0.3 is 0 Å². The Bertz CT molecular complexity index is 815. The summed E-state index contributed by atoms with van der Waals surface area (Å²) in [5.74, 6) is -6.37. The highest BCUT2D eigenvalue weighted by Gasteiger charge is 2.16. The lowest BCUT2D eigenvalue weighted by molar-refractivity contribution is -0.115. The van der Waals surface area contributed by atoms with Gasteiger partial charge in [0, 0.05) is 5.56 Å². The molecule has 0 saturated heterocycles. The maximum Gasteiger partial charge on any atom is 0.251 e. The van der Waals surface area contributed by atoms with E-state index in [4.69, 9.17) is 11.6 Å². The molecule has 2 aromatic carbocycles. The molecule has 0 atom stereocenters. The monoisotopic (exact) mass is 358 g/mol. The third kappa shape index (κ3) is 3.96. The van der Waals surface area contributed by atoms with E-state index in [0.717, 1.165) is 6.07 Å². The molecule has 0 aliphatic heterocycles. The molecule has 0 fully saturated rings. The number of anilines is 1. The van der Waals surface area contributed by atoms with Crippen molar-refractivity contribution >= 4 is 29.1 Å². The summed E-state index contributed by atoms with van der Waals surface area (Å²) in [5, 5.41) is 13.4. The van der Waals surface area contributed by atoms with Crippen molar-refractivity contribution in [2.75, 3.05) is 11.9 Å². The van der Waals surface area contributed by atoms with E-state index in [2.05, 4.69) is 5.32 Å². The van der Waals surface area contributed by atoms with Gasteiger partial charge in [-0.3, -0.25) is 9.59 Å². The first kappa shape index (κ1) is 17.6. The van der Waals surface area contributed by atoms with Crippen molar-refractivity contribution in [3.05, 3.63) is 58.4 Å². The second-order valence-electron chi connectivity index (χ2n) is 4.62. The molecule has 0 aliphatic rings. The van der Waals surface area contributed by atoms with Crippen LogP contribution in [0.5, 0.6) is 5.75 Å². The summed E-state index contributed by atoms with van der Waals surface area (Å²) in [7, 11) is 0. The van der Waals surface area contributed by atoms with Crippen molar-refractivity contribution < 1.29 is 27.9 Å². The molecule has 0 aromatic heterocycles. The molecule has 0 bridgehead atoms. The molecular formula is C15H10ClF3N2O3. The van der Waals surface area contributed by atoms with E-state index < -0.39 is 41.5 Å². The van der Waals surface area contributed by atoms with Crippen molar-refractivity contribution in [3.8, 4) is 5.75 Å². The number of aromatic hydroxyl groups is 1. The molecule has 0 radical (unpaired) electrons. The van der Waals surface area contributed by atoms with Gasteiger partial charge in [0.2, 0.25) is 5.91 Å². The van der Waals surface area contributed by atoms with Crippen LogP contribution in [-0.4, -0.2) is 23.5 Å². The van der Waals surface area contributed by atoms with Crippen LogP contribution in [0.15, 0.2) is 30.3 Å². The van der Waals surface area contributed by atoms with Crippen LogP contribution in [0.2, 0.25) is 5.02 Å². The lowest BCUT2D eigenvalue weighted by Crippen LogP contribution is -2.33. The Morgan fingerprint density at radius 3 is 2.46 bits per heavy atom. The van der Waals surface area contributed by atoms with Crippen LogP contribution in [0.3, 0.4) is 0 Å². The molecule has 2 amide bonds. The van der Waals surface area contributed by atoms with E-state index >= 15 is 0 Å². The smallest absolute Gasteiger partial charge is 0.251 e. The van der Waals surface area contributed by atoms with Gasteiger partial charge in [-0.1, -0.05) is 11.6 Å². The van der Waals surface area contributed by atoms with E-state index in [9.17, 15) is 27.9 Å². The summed E-state index contributed by atoms with van der Waals surface area (Å²) in [6, 6.07) is 5.19. The zero-order chi connectivity index (χ0) is 17.9. The first-order valence-corrected chi connectivity index (χ1v) is 6.87. The number of hydrogen-bond donors (Lipinski definition) is 3. The number of carbonyl (C=O) groups excluding carboxylic acids is 2. The second-order valence-corrected chi connectivity index (χ2v) is 5.03. The van der Waals surface area contributed by atoms with Crippen molar-refractivity contribution in [2.24, 2.45) is 0 Å². The van der Waals surface area contributed by atoms with Crippen LogP contribution in [0.1, 0.15) is 10.4 Å². The molecule has 0 aliphatic carbocycles. The van der Waals surface area contributed by atoms with Gasteiger partial charge in [0.05, 0.1) is 17.3 Å². The van der Waals surface area contributed by atoms with E-state index in [1.165, 1.54) is 18.2 Å². The highest BCUT2D eigenvalue weighted by Crippen LogP contribution is 2.23. The third-order valence-corrected chi connectivity index (χ3v) is 3.23. The molecule has 0 heterocycles. The summed E-state index contributed by atoms with van der Waals surface area (Å²) in [6.45, 7) is -0.546. The molecule has 126 valence electrons. The van der Waals surface area contributed by atoms with Crippen LogP contribution < -0.4 is 10.6 Å². The van der Waals surface area contributed by atoms with E-state index in [0.29, 0.717) is 6.07 Å². The minimum atomic E-state index is -1.71. The number of benzene rings is 2. The topological polar surface area (TPSA) is 78.4 Å². The second kappa shape index (κ2) is 7.22. The Morgan fingerprint density at radius 1 is 1.08 bits per heavy atom. The lowest BCUT2D eigenvalue weighted by Gasteiger charge is -2.09. The average Bonchev–Trinajstić information content (AvgIpc) is 2.55. The number of rotatable bonds is 4. The molecule has 0 saturated carbocycles. The predicted molar refractivity (Wildman–Crippen MR) is 80.4 cm³/mol. The molecule has 24 heavy (non-hydrogen) atoms. The third-order valence-electron chi connectivity index (χ3n) is 2.93. The molecule has 9 heteroatoms. The van der Waals surface area contributed by atoms with E-state index in [1.807, 2.05) is 5.32 Å². The SMILES string of the molecule is O=C(CNC(=O)c1ccc(O)c(Cl)c1)Nc1ccc(F)c(F)c1F. The van der Waals surface area contributed by atoms with Crippen molar-refractivity contribution in [2.45, 2.75) is 0 Å². The molecule has 2 rings (SSSR count). The normalized spacial score (nSPS) is 10.3. The highest BCUT2D eigenvalue weighted by atomic mass is 35.5. The molecule has 0 unspecified atom stereocenters. The van der Waals surface area contributed by atoms with E-state index in [-0.39, 0.29) is 16.3 Å². The van der Waals surface area contributed by atoms with Crippen molar-refractivity contribution in [3.63, 3.8) is 0 Å². The Kier molecular flexibility index (Phi) is 5.30. The van der Waals surface area contributed by atoms with Crippen LogP contribution in [-0.2, 0) is 4.79 Å². The van der Waals surface area contributed by atoms with Crippen LogP contribution in [0, 0.1) is 17.5 Å². The van der Waals surface area contributed by atoms with Gasteiger partial charge < -0.3 is 15.7 Å². The Morgan fingerprint density at radius 2 is 1.79 bits per heavy atom. The minimum absolute atomic E-state index is 0.0454. The number of nitrogens with one attached hydrogen (secondary N) is 2. The van der Waals surface area contributed by atoms with Crippen molar-refractivity contribution in [1.29, 1.82) is 0 Å². The Labute approximate surface area is 139 Å².